The van der Waals surface area contributed by atoms with Gasteiger partial charge in [-0.3, -0.25) is 14.5 Å². The molecule has 1 fully saturated rings. The van der Waals surface area contributed by atoms with Crippen molar-refractivity contribution in [3.05, 3.63) is 71.6 Å². The van der Waals surface area contributed by atoms with Crippen LogP contribution in [0.25, 0.3) is 22.4 Å². The highest BCUT2D eigenvalue weighted by Gasteiger charge is 2.19. The van der Waals surface area contributed by atoms with Crippen molar-refractivity contribution >= 4 is 40.1 Å². The average molecular weight is 532 g/mol. The summed E-state index contributed by atoms with van der Waals surface area (Å²) in [7, 11) is 0. The van der Waals surface area contributed by atoms with E-state index in [1.807, 2.05) is 4.90 Å². The first-order valence-electron chi connectivity index (χ1n) is 12.2. The number of aromatic nitrogens is 5. The van der Waals surface area contributed by atoms with Crippen molar-refractivity contribution in [1.29, 1.82) is 0 Å². The van der Waals surface area contributed by atoms with Crippen LogP contribution in [-0.2, 0) is 4.79 Å². The monoisotopic (exact) mass is 531 g/mol. The number of carbonyl (C=O) groups excluding carboxylic acids is 1. The molecule has 4 aromatic rings. The van der Waals surface area contributed by atoms with Gasteiger partial charge in [-0.05, 0) is 36.4 Å². The van der Waals surface area contributed by atoms with Crippen LogP contribution >= 0.6 is 0 Å². The molecule has 0 unspecified atom stereocenters. The van der Waals surface area contributed by atoms with Crippen molar-refractivity contribution < 1.29 is 14.3 Å². The molecule has 1 saturated heterocycles. The third-order valence-electron chi connectivity index (χ3n) is 6.27. The van der Waals surface area contributed by atoms with Crippen LogP contribution in [0.3, 0.4) is 0 Å². The second-order valence-corrected chi connectivity index (χ2v) is 8.81. The number of fused-ring (bicyclic) bond motifs is 1. The Balaban J connectivity index is 1.36. The largest absolute Gasteiger partial charge is 0.395 e. The van der Waals surface area contributed by atoms with Gasteiger partial charge in [-0.15, -0.1) is 0 Å². The van der Waals surface area contributed by atoms with E-state index in [2.05, 4.69) is 47.0 Å². The van der Waals surface area contributed by atoms with Crippen LogP contribution in [0.5, 0.6) is 0 Å². The van der Waals surface area contributed by atoms with E-state index >= 15 is 0 Å². The van der Waals surface area contributed by atoms with Gasteiger partial charge in [0, 0.05) is 56.4 Å². The number of piperazine rings is 1. The van der Waals surface area contributed by atoms with E-state index in [1.54, 1.807) is 24.3 Å². The highest BCUT2D eigenvalue weighted by Crippen LogP contribution is 2.26. The molecule has 1 aliphatic rings. The number of hydrogen-bond donors (Lipinski definition) is 4. The van der Waals surface area contributed by atoms with Gasteiger partial charge in [0.2, 0.25) is 11.9 Å². The SMILES string of the molecule is C=CC(=O)Nc1cc(-c2nc3nc(Nc4ccc(N5CCN(CCO)CC5)c(F)c4)ncc3c(=O)[nH]2)ccn1. The minimum Gasteiger partial charge on any atom is -0.395 e. The van der Waals surface area contributed by atoms with Crippen molar-refractivity contribution in [3.8, 4) is 11.4 Å². The first-order chi connectivity index (χ1) is 18.9. The smallest absolute Gasteiger partial charge is 0.262 e. The quantitative estimate of drug-likeness (QED) is 0.248. The summed E-state index contributed by atoms with van der Waals surface area (Å²) in [5.74, 6) is -0.172. The van der Waals surface area contributed by atoms with E-state index < -0.39 is 11.5 Å². The summed E-state index contributed by atoms with van der Waals surface area (Å²) in [6, 6.07) is 8.00. The minimum absolute atomic E-state index is 0.108. The number of nitrogens with one attached hydrogen (secondary N) is 3. The van der Waals surface area contributed by atoms with Crippen molar-refractivity contribution in [1.82, 2.24) is 29.8 Å². The molecule has 4 N–H and O–H groups in total. The van der Waals surface area contributed by atoms with Gasteiger partial charge in [0.1, 0.15) is 22.8 Å². The maximum absolute atomic E-state index is 15.0. The zero-order chi connectivity index (χ0) is 27.4. The first-order valence-corrected chi connectivity index (χ1v) is 12.2. The molecule has 0 aliphatic carbocycles. The van der Waals surface area contributed by atoms with Gasteiger partial charge in [0.25, 0.3) is 5.56 Å². The number of amides is 1. The predicted molar refractivity (Wildman–Crippen MR) is 145 cm³/mol. The number of pyridine rings is 1. The average Bonchev–Trinajstić information content (AvgIpc) is 2.94. The molecular formula is C26H26FN9O3. The van der Waals surface area contributed by atoms with E-state index in [0.29, 0.717) is 36.6 Å². The van der Waals surface area contributed by atoms with Gasteiger partial charge in [-0.1, -0.05) is 6.58 Å². The van der Waals surface area contributed by atoms with E-state index in [1.165, 1.54) is 18.5 Å². The lowest BCUT2D eigenvalue weighted by atomic mass is 10.2. The fraction of sp³-hybridized carbons (Fsp3) is 0.231. The van der Waals surface area contributed by atoms with Crippen LogP contribution in [0.15, 0.2) is 60.2 Å². The van der Waals surface area contributed by atoms with E-state index in [9.17, 15) is 14.0 Å². The van der Waals surface area contributed by atoms with E-state index in [0.717, 1.165) is 19.2 Å². The Morgan fingerprint density at radius 2 is 1.97 bits per heavy atom. The molecule has 1 aliphatic heterocycles. The molecule has 4 heterocycles. The second kappa shape index (κ2) is 11.3. The van der Waals surface area contributed by atoms with Crippen molar-refractivity contribution in [3.63, 3.8) is 0 Å². The molecule has 3 aromatic heterocycles. The van der Waals surface area contributed by atoms with Crippen molar-refractivity contribution in [2.24, 2.45) is 0 Å². The summed E-state index contributed by atoms with van der Waals surface area (Å²) < 4.78 is 15.0. The summed E-state index contributed by atoms with van der Waals surface area (Å²) in [4.78, 5) is 48.1. The lowest BCUT2D eigenvalue weighted by molar-refractivity contribution is -0.111. The van der Waals surface area contributed by atoms with E-state index in [4.69, 9.17) is 5.11 Å². The Morgan fingerprint density at radius 1 is 1.15 bits per heavy atom. The number of aliphatic hydroxyl groups excluding tert-OH is 1. The summed E-state index contributed by atoms with van der Waals surface area (Å²) in [5, 5.41) is 14.8. The molecule has 200 valence electrons. The van der Waals surface area contributed by atoms with Crippen LogP contribution in [0, 0.1) is 5.82 Å². The normalized spacial score (nSPS) is 13.8. The molecule has 0 bridgehead atoms. The Kier molecular flexibility index (Phi) is 7.52. The number of H-pyrrole nitrogens is 1. The molecule has 0 saturated carbocycles. The predicted octanol–water partition coefficient (Wildman–Crippen LogP) is 1.90. The van der Waals surface area contributed by atoms with Gasteiger partial charge >= 0.3 is 0 Å². The van der Waals surface area contributed by atoms with Crippen molar-refractivity contribution in [2.45, 2.75) is 0 Å². The molecule has 1 amide bonds. The fourth-order valence-electron chi connectivity index (χ4n) is 4.27. The minimum atomic E-state index is -0.440. The molecule has 5 rings (SSSR count). The highest BCUT2D eigenvalue weighted by molar-refractivity contribution is 5.98. The molecule has 0 atom stereocenters. The van der Waals surface area contributed by atoms with Gasteiger partial charge in [-0.25, -0.2) is 19.3 Å². The summed E-state index contributed by atoms with van der Waals surface area (Å²) in [6.07, 6.45) is 3.94. The molecule has 0 spiro atoms. The van der Waals surface area contributed by atoms with Gasteiger partial charge in [-0.2, -0.15) is 4.98 Å². The van der Waals surface area contributed by atoms with Crippen molar-refractivity contribution in [2.75, 3.05) is 54.9 Å². The molecule has 0 radical (unpaired) electrons. The highest BCUT2D eigenvalue weighted by atomic mass is 19.1. The zero-order valence-corrected chi connectivity index (χ0v) is 20.9. The van der Waals surface area contributed by atoms with Gasteiger partial charge in [0.05, 0.1) is 12.3 Å². The van der Waals surface area contributed by atoms with Crippen LogP contribution in [-0.4, -0.2) is 80.2 Å². The lowest BCUT2D eigenvalue weighted by Gasteiger charge is -2.36. The molecule has 12 nitrogen and oxygen atoms in total. The number of carbonyl (C=O) groups is 1. The third-order valence-corrected chi connectivity index (χ3v) is 6.27. The van der Waals surface area contributed by atoms with Crippen LogP contribution in [0.1, 0.15) is 0 Å². The maximum Gasteiger partial charge on any atom is 0.262 e. The number of hydrogen-bond acceptors (Lipinski definition) is 10. The molecule has 1 aromatic carbocycles. The Labute approximate surface area is 222 Å². The second-order valence-electron chi connectivity index (χ2n) is 8.81. The van der Waals surface area contributed by atoms with Gasteiger partial charge < -0.3 is 25.6 Å². The summed E-state index contributed by atoms with van der Waals surface area (Å²) in [5.41, 5.74) is 1.15. The Hall–Kier alpha value is -4.75. The first kappa shape index (κ1) is 25.9. The van der Waals surface area contributed by atoms with Crippen LogP contribution < -0.4 is 21.1 Å². The summed E-state index contributed by atoms with van der Waals surface area (Å²) >= 11 is 0. The van der Waals surface area contributed by atoms with Gasteiger partial charge in [0.15, 0.2) is 5.65 Å². The Morgan fingerprint density at radius 3 is 2.72 bits per heavy atom. The number of rotatable bonds is 8. The Bertz CT molecular complexity index is 1580. The fourth-order valence-corrected chi connectivity index (χ4v) is 4.27. The van der Waals surface area contributed by atoms with E-state index in [-0.39, 0.29) is 41.0 Å². The third kappa shape index (κ3) is 5.89. The number of aromatic amines is 1. The number of halogens is 1. The number of anilines is 4. The standard InChI is InChI=1S/C26H26FN9O3/c1-2-22(38)31-21-13-16(5-6-28-21)23-32-24-18(25(39)33-23)15-29-26(34-24)30-17-3-4-20(19(27)14-17)36-9-7-35(8-10-36)11-12-37/h2-6,13-15,37H,1,7-12H2,(H,28,31,38)(H2,29,30,32,33,34,39). The molecule has 13 heteroatoms. The number of aliphatic hydroxyl groups is 1. The topological polar surface area (TPSA) is 152 Å². The number of nitrogens with zero attached hydrogens (tertiary/aromatic N) is 6. The number of benzene rings is 1. The van der Waals surface area contributed by atoms with Crippen LogP contribution in [0.4, 0.5) is 27.5 Å². The maximum atomic E-state index is 15.0. The molecule has 39 heavy (non-hydrogen) atoms. The lowest BCUT2D eigenvalue weighted by Crippen LogP contribution is -2.47. The number of β-amino-alcohol motifs (C(OH)–C–C–N with tert-alkyl or cyclic N) is 1. The zero-order valence-electron chi connectivity index (χ0n) is 20.9. The van der Waals surface area contributed by atoms with Crippen LogP contribution in [0.2, 0.25) is 0 Å². The summed E-state index contributed by atoms with van der Waals surface area (Å²) in [6.45, 7) is 6.97. The molecular weight excluding hydrogens is 505 g/mol.